The van der Waals surface area contributed by atoms with E-state index in [1.165, 1.54) is 0 Å². The summed E-state index contributed by atoms with van der Waals surface area (Å²) in [7, 11) is 1.83. The highest BCUT2D eigenvalue weighted by atomic mass is 15.1. The molecule has 0 spiro atoms. The number of anilines is 3. The second-order valence-electron chi connectivity index (χ2n) is 4.72. The molecule has 102 valence electrons. The molecule has 0 saturated carbocycles. The summed E-state index contributed by atoms with van der Waals surface area (Å²) < 4.78 is 0. The van der Waals surface area contributed by atoms with Gasteiger partial charge in [0.1, 0.15) is 17.5 Å². The van der Waals surface area contributed by atoms with Crippen molar-refractivity contribution >= 4 is 17.3 Å². The highest BCUT2D eigenvalue weighted by Gasteiger charge is 2.07. The fraction of sp³-hybridized carbons (Fsp3) is 0.267. The second kappa shape index (κ2) is 6.02. The minimum Gasteiger partial charge on any atom is -0.373 e. The van der Waals surface area contributed by atoms with Gasteiger partial charge in [0, 0.05) is 24.7 Å². The van der Waals surface area contributed by atoms with Gasteiger partial charge < -0.3 is 10.6 Å². The van der Waals surface area contributed by atoms with Crippen molar-refractivity contribution in [3.63, 3.8) is 0 Å². The molecule has 0 unspecified atom stereocenters. The maximum atomic E-state index is 8.91. The Hall–Kier alpha value is -2.61. The summed E-state index contributed by atoms with van der Waals surface area (Å²) in [4.78, 5) is 8.90. The fourth-order valence-electron chi connectivity index (χ4n) is 1.73. The SMILES string of the molecule is CNc1cc(Nc2cccc(C#N)c2)nc(C(C)C)n1. The van der Waals surface area contributed by atoms with Crippen molar-refractivity contribution in [2.24, 2.45) is 0 Å². The van der Waals surface area contributed by atoms with Crippen molar-refractivity contribution in [2.75, 3.05) is 17.7 Å². The van der Waals surface area contributed by atoms with Gasteiger partial charge in [-0.15, -0.1) is 0 Å². The van der Waals surface area contributed by atoms with Crippen LogP contribution in [-0.4, -0.2) is 17.0 Å². The Labute approximate surface area is 118 Å². The normalized spacial score (nSPS) is 10.2. The molecule has 2 aromatic rings. The van der Waals surface area contributed by atoms with Gasteiger partial charge in [-0.25, -0.2) is 9.97 Å². The lowest BCUT2D eigenvalue weighted by atomic mass is 10.2. The zero-order valence-corrected chi connectivity index (χ0v) is 11.8. The molecule has 0 aliphatic rings. The first kappa shape index (κ1) is 13.8. The van der Waals surface area contributed by atoms with Crippen molar-refractivity contribution in [3.05, 3.63) is 41.7 Å². The van der Waals surface area contributed by atoms with E-state index in [-0.39, 0.29) is 5.92 Å². The van der Waals surface area contributed by atoms with E-state index in [9.17, 15) is 0 Å². The van der Waals surface area contributed by atoms with Gasteiger partial charge in [-0.3, -0.25) is 0 Å². The number of nitrogens with one attached hydrogen (secondary N) is 2. The zero-order valence-electron chi connectivity index (χ0n) is 11.8. The van der Waals surface area contributed by atoms with Crippen LogP contribution in [0.15, 0.2) is 30.3 Å². The van der Waals surface area contributed by atoms with E-state index < -0.39 is 0 Å². The van der Waals surface area contributed by atoms with Gasteiger partial charge in [0.05, 0.1) is 11.6 Å². The third-order valence-corrected chi connectivity index (χ3v) is 2.78. The quantitative estimate of drug-likeness (QED) is 0.889. The first-order valence-corrected chi connectivity index (χ1v) is 6.46. The summed E-state index contributed by atoms with van der Waals surface area (Å²) in [6.45, 7) is 4.10. The number of rotatable bonds is 4. The Bertz CT molecular complexity index is 643. The highest BCUT2D eigenvalue weighted by molar-refractivity contribution is 5.60. The fourth-order valence-corrected chi connectivity index (χ4v) is 1.73. The molecule has 0 aliphatic heterocycles. The van der Waals surface area contributed by atoms with Crippen LogP contribution in [0.1, 0.15) is 31.2 Å². The summed E-state index contributed by atoms with van der Waals surface area (Å²) in [5.74, 6) is 2.50. The molecule has 0 bridgehead atoms. The van der Waals surface area contributed by atoms with E-state index in [4.69, 9.17) is 5.26 Å². The minimum absolute atomic E-state index is 0.245. The highest BCUT2D eigenvalue weighted by Crippen LogP contribution is 2.20. The summed E-state index contributed by atoms with van der Waals surface area (Å²) >= 11 is 0. The predicted molar refractivity (Wildman–Crippen MR) is 80.1 cm³/mol. The molecule has 1 aromatic heterocycles. The Morgan fingerprint density at radius 1 is 1.15 bits per heavy atom. The molecule has 5 heteroatoms. The van der Waals surface area contributed by atoms with E-state index in [0.717, 1.165) is 17.3 Å². The third-order valence-electron chi connectivity index (χ3n) is 2.78. The van der Waals surface area contributed by atoms with Crippen LogP contribution in [0.3, 0.4) is 0 Å². The summed E-state index contributed by atoms with van der Waals surface area (Å²) in [6, 6.07) is 11.3. The number of benzene rings is 1. The van der Waals surface area contributed by atoms with Crippen molar-refractivity contribution in [3.8, 4) is 6.07 Å². The maximum Gasteiger partial charge on any atom is 0.136 e. The molecule has 1 aromatic carbocycles. The smallest absolute Gasteiger partial charge is 0.136 e. The van der Waals surface area contributed by atoms with Crippen LogP contribution < -0.4 is 10.6 Å². The monoisotopic (exact) mass is 267 g/mol. The van der Waals surface area contributed by atoms with E-state index >= 15 is 0 Å². The molecule has 2 rings (SSSR count). The van der Waals surface area contributed by atoms with Gasteiger partial charge in [-0.05, 0) is 18.2 Å². The van der Waals surface area contributed by atoms with Crippen molar-refractivity contribution in [2.45, 2.75) is 19.8 Å². The lowest BCUT2D eigenvalue weighted by Gasteiger charge is -2.11. The second-order valence-corrected chi connectivity index (χ2v) is 4.72. The summed E-state index contributed by atoms with van der Waals surface area (Å²) in [6.07, 6.45) is 0. The van der Waals surface area contributed by atoms with Gasteiger partial charge in [-0.2, -0.15) is 5.26 Å². The van der Waals surface area contributed by atoms with Crippen LogP contribution in [0.25, 0.3) is 0 Å². The van der Waals surface area contributed by atoms with E-state index in [1.807, 2.05) is 25.2 Å². The van der Waals surface area contributed by atoms with Crippen LogP contribution in [0.4, 0.5) is 17.3 Å². The first-order valence-electron chi connectivity index (χ1n) is 6.46. The molecule has 0 amide bonds. The number of aromatic nitrogens is 2. The van der Waals surface area contributed by atoms with Crippen LogP contribution in [0.2, 0.25) is 0 Å². The molecule has 20 heavy (non-hydrogen) atoms. The lowest BCUT2D eigenvalue weighted by Crippen LogP contribution is -2.05. The molecule has 1 heterocycles. The lowest BCUT2D eigenvalue weighted by molar-refractivity contribution is 0.778. The summed E-state index contributed by atoms with van der Waals surface area (Å²) in [5, 5.41) is 15.1. The van der Waals surface area contributed by atoms with E-state index in [1.54, 1.807) is 12.1 Å². The Kier molecular flexibility index (Phi) is 4.16. The zero-order chi connectivity index (χ0) is 14.5. The Morgan fingerprint density at radius 3 is 2.55 bits per heavy atom. The van der Waals surface area contributed by atoms with Crippen LogP contribution >= 0.6 is 0 Å². The minimum atomic E-state index is 0.245. The average molecular weight is 267 g/mol. The molecular formula is C15H17N5. The number of hydrogen-bond acceptors (Lipinski definition) is 5. The number of hydrogen-bond donors (Lipinski definition) is 2. The molecule has 0 atom stereocenters. The standard InChI is InChI=1S/C15H17N5/c1-10(2)15-19-13(17-3)8-14(20-15)18-12-6-4-5-11(7-12)9-16/h4-8,10H,1-3H3,(H2,17,18,19,20). The van der Waals surface area contributed by atoms with E-state index in [2.05, 4.69) is 40.5 Å². The Morgan fingerprint density at radius 2 is 1.90 bits per heavy atom. The largest absolute Gasteiger partial charge is 0.373 e. The third kappa shape index (κ3) is 3.23. The molecule has 0 saturated heterocycles. The molecule has 0 fully saturated rings. The van der Waals surface area contributed by atoms with Crippen molar-refractivity contribution < 1.29 is 0 Å². The summed E-state index contributed by atoms with van der Waals surface area (Å²) in [5.41, 5.74) is 1.45. The average Bonchev–Trinajstić information content (AvgIpc) is 2.47. The van der Waals surface area contributed by atoms with Crippen LogP contribution in [0.5, 0.6) is 0 Å². The number of nitriles is 1. The van der Waals surface area contributed by atoms with Crippen LogP contribution in [-0.2, 0) is 0 Å². The molecule has 0 aliphatic carbocycles. The van der Waals surface area contributed by atoms with Gasteiger partial charge in [-0.1, -0.05) is 19.9 Å². The van der Waals surface area contributed by atoms with Crippen LogP contribution in [0, 0.1) is 11.3 Å². The van der Waals surface area contributed by atoms with Gasteiger partial charge in [0.15, 0.2) is 0 Å². The number of nitrogens with zero attached hydrogens (tertiary/aromatic N) is 3. The molecule has 0 radical (unpaired) electrons. The van der Waals surface area contributed by atoms with Gasteiger partial charge >= 0.3 is 0 Å². The topological polar surface area (TPSA) is 73.6 Å². The van der Waals surface area contributed by atoms with E-state index in [0.29, 0.717) is 11.4 Å². The van der Waals surface area contributed by atoms with Crippen molar-refractivity contribution in [1.82, 2.24) is 9.97 Å². The first-order chi connectivity index (χ1) is 9.62. The van der Waals surface area contributed by atoms with Crippen molar-refractivity contribution in [1.29, 1.82) is 5.26 Å². The molecular weight excluding hydrogens is 250 g/mol. The maximum absolute atomic E-state index is 8.91. The molecule has 5 nitrogen and oxygen atoms in total. The van der Waals surface area contributed by atoms with Gasteiger partial charge in [0.2, 0.25) is 0 Å². The van der Waals surface area contributed by atoms with Gasteiger partial charge in [0.25, 0.3) is 0 Å². The predicted octanol–water partition coefficient (Wildman–Crippen LogP) is 3.26. The molecule has 2 N–H and O–H groups in total. The Balaban J connectivity index is 2.32.